The summed E-state index contributed by atoms with van der Waals surface area (Å²) < 4.78 is 0. The van der Waals surface area contributed by atoms with E-state index in [1.165, 1.54) is 5.56 Å². The van der Waals surface area contributed by atoms with E-state index < -0.39 is 0 Å². The molecule has 0 heterocycles. The lowest BCUT2D eigenvalue weighted by Crippen LogP contribution is -1.98. The summed E-state index contributed by atoms with van der Waals surface area (Å²) in [7, 11) is 0. The molecule has 1 N–H and O–H groups in total. The molecular weight excluding hydrogens is 184 g/mol. The van der Waals surface area contributed by atoms with Gasteiger partial charge in [0.25, 0.3) is 0 Å². The van der Waals surface area contributed by atoms with Gasteiger partial charge in [-0.15, -0.1) is 6.58 Å². The van der Waals surface area contributed by atoms with Gasteiger partial charge < -0.3 is 5.11 Å². The van der Waals surface area contributed by atoms with Gasteiger partial charge in [-0.25, -0.2) is 0 Å². The van der Waals surface area contributed by atoms with E-state index in [-0.39, 0.29) is 0 Å². The number of benzene rings is 1. The minimum absolute atomic E-state index is 0.301. The van der Waals surface area contributed by atoms with Gasteiger partial charge in [-0.05, 0) is 30.7 Å². The Morgan fingerprint density at radius 2 is 1.93 bits per heavy atom. The molecule has 0 radical (unpaired) electrons. The predicted octanol–water partition coefficient (Wildman–Crippen LogP) is 3.51. The summed E-state index contributed by atoms with van der Waals surface area (Å²) in [6.45, 7) is 4.11. The molecule has 0 spiro atoms. The number of rotatable bonds is 7. The molecule has 0 saturated heterocycles. The first-order chi connectivity index (χ1) is 7.38. The first-order valence-corrected chi connectivity index (χ1v) is 5.65. The molecule has 15 heavy (non-hydrogen) atoms. The minimum atomic E-state index is 0.301. The lowest BCUT2D eigenvalue weighted by molar-refractivity contribution is 0.281. The second-order valence-electron chi connectivity index (χ2n) is 3.85. The summed E-state index contributed by atoms with van der Waals surface area (Å²) in [5.41, 5.74) is 1.38. The van der Waals surface area contributed by atoms with E-state index in [4.69, 9.17) is 5.11 Å². The van der Waals surface area contributed by atoms with Crippen molar-refractivity contribution >= 4 is 0 Å². The minimum Gasteiger partial charge on any atom is -0.396 e. The normalized spacial score (nSPS) is 12.3. The van der Waals surface area contributed by atoms with E-state index >= 15 is 0 Å². The van der Waals surface area contributed by atoms with Crippen molar-refractivity contribution < 1.29 is 5.11 Å². The monoisotopic (exact) mass is 204 g/mol. The number of aliphatic hydroxyl groups is 1. The maximum Gasteiger partial charge on any atom is 0.0431 e. The van der Waals surface area contributed by atoms with Crippen molar-refractivity contribution in [3.8, 4) is 0 Å². The molecule has 1 aromatic carbocycles. The molecule has 0 aliphatic rings. The molecule has 0 bridgehead atoms. The van der Waals surface area contributed by atoms with E-state index in [1.54, 1.807) is 0 Å². The second-order valence-corrected chi connectivity index (χ2v) is 3.85. The SMILES string of the molecule is C=CCC(CCCCO)c1ccccc1. The number of allylic oxidation sites excluding steroid dienone is 1. The Morgan fingerprint density at radius 1 is 1.20 bits per heavy atom. The zero-order chi connectivity index (χ0) is 10.9. The predicted molar refractivity (Wildman–Crippen MR) is 64.9 cm³/mol. The van der Waals surface area contributed by atoms with Crippen molar-refractivity contribution in [2.75, 3.05) is 6.61 Å². The van der Waals surface area contributed by atoms with Crippen molar-refractivity contribution in [2.24, 2.45) is 0 Å². The Labute approximate surface area is 92.5 Å². The van der Waals surface area contributed by atoms with Crippen LogP contribution in [-0.2, 0) is 0 Å². The second kappa shape index (κ2) is 7.24. The highest BCUT2D eigenvalue weighted by atomic mass is 16.2. The molecule has 0 saturated carbocycles. The Balaban J connectivity index is 2.53. The van der Waals surface area contributed by atoms with Crippen molar-refractivity contribution in [2.45, 2.75) is 31.6 Å². The Kier molecular flexibility index (Phi) is 5.79. The summed E-state index contributed by atoms with van der Waals surface area (Å²) in [5.74, 6) is 0.565. The molecule has 0 aliphatic heterocycles. The molecule has 1 nitrogen and oxygen atoms in total. The maximum absolute atomic E-state index is 8.76. The van der Waals surface area contributed by atoms with Crippen molar-refractivity contribution in [3.63, 3.8) is 0 Å². The van der Waals surface area contributed by atoms with Crippen LogP contribution in [0.1, 0.15) is 37.2 Å². The quantitative estimate of drug-likeness (QED) is 0.532. The van der Waals surface area contributed by atoms with Gasteiger partial charge in [-0.3, -0.25) is 0 Å². The van der Waals surface area contributed by atoms with Gasteiger partial charge >= 0.3 is 0 Å². The van der Waals surface area contributed by atoms with Crippen molar-refractivity contribution in [1.82, 2.24) is 0 Å². The molecule has 1 heteroatoms. The number of aliphatic hydroxyl groups excluding tert-OH is 1. The summed E-state index contributed by atoms with van der Waals surface area (Å²) in [5, 5.41) is 8.76. The fraction of sp³-hybridized carbons (Fsp3) is 0.429. The zero-order valence-electron chi connectivity index (χ0n) is 9.23. The van der Waals surface area contributed by atoms with Gasteiger partial charge in [0.2, 0.25) is 0 Å². The van der Waals surface area contributed by atoms with Crippen LogP contribution in [0.2, 0.25) is 0 Å². The van der Waals surface area contributed by atoms with Crippen LogP contribution in [0.15, 0.2) is 43.0 Å². The topological polar surface area (TPSA) is 20.2 Å². The van der Waals surface area contributed by atoms with Gasteiger partial charge in [0.05, 0.1) is 0 Å². The van der Waals surface area contributed by atoms with E-state index in [9.17, 15) is 0 Å². The third-order valence-corrected chi connectivity index (χ3v) is 2.68. The molecule has 1 aromatic rings. The van der Waals surface area contributed by atoms with Gasteiger partial charge in [0, 0.05) is 6.61 Å². The highest BCUT2D eigenvalue weighted by molar-refractivity contribution is 5.20. The average molecular weight is 204 g/mol. The van der Waals surface area contributed by atoms with Crippen LogP contribution in [0.5, 0.6) is 0 Å². The largest absolute Gasteiger partial charge is 0.396 e. The fourth-order valence-electron chi connectivity index (χ4n) is 1.85. The third kappa shape index (κ3) is 4.30. The Hall–Kier alpha value is -1.08. The summed E-state index contributed by atoms with van der Waals surface area (Å²) in [6, 6.07) is 10.6. The Morgan fingerprint density at radius 3 is 2.53 bits per heavy atom. The average Bonchev–Trinajstić information content (AvgIpc) is 2.29. The van der Waals surface area contributed by atoms with E-state index in [0.717, 1.165) is 25.7 Å². The van der Waals surface area contributed by atoms with Gasteiger partial charge in [0.15, 0.2) is 0 Å². The van der Waals surface area contributed by atoms with Crippen molar-refractivity contribution in [1.29, 1.82) is 0 Å². The zero-order valence-corrected chi connectivity index (χ0v) is 9.23. The first kappa shape index (κ1) is 12.0. The van der Waals surface area contributed by atoms with Crippen LogP contribution in [0.25, 0.3) is 0 Å². The summed E-state index contributed by atoms with van der Waals surface area (Å²) in [6.07, 6.45) is 6.13. The molecule has 1 rings (SSSR count). The lowest BCUT2D eigenvalue weighted by Gasteiger charge is -2.14. The van der Waals surface area contributed by atoms with Gasteiger partial charge in [-0.1, -0.05) is 42.8 Å². The lowest BCUT2D eigenvalue weighted by atomic mass is 9.91. The molecular formula is C14H20O. The number of hydrogen-bond donors (Lipinski definition) is 1. The fourth-order valence-corrected chi connectivity index (χ4v) is 1.85. The van der Waals surface area contributed by atoms with E-state index in [1.807, 2.05) is 12.1 Å². The molecule has 0 amide bonds. The van der Waals surface area contributed by atoms with E-state index in [0.29, 0.717) is 12.5 Å². The third-order valence-electron chi connectivity index (χ3n) is 2.68. The van der Waals surface area contributed by atoms with Crippen LogP contribution in [-0.4, -0.2) is 11.7 Å². The van der Waals surface area contributed by atoms with Gasteiger partial charge in [0.1, 0.15) is 0 Å². The number of hydrogen-bond acceptors (Lipinski definition) is 1. The highest BCUT2D eigenvalue weighted by Crippen LogP contribution is 2.25. The highest BCUT2D eigenvalue weighted by Gasteiger charge is 2.08. The van der Waals surface area contributed by atoms with Crippen LogP contribution in [0.3, 0.4) is 0 Å². The molecule has 82 valence electrons. The van der Waals surface area contributed by atoms with Crippen LogP contribution in [0.4, 0.5) is 0 Å². The van der Waals surface area contributed by atoms with E-state index in [2.05, 4.69) is 30.8 Å². The molecule has 0 aromatic heterocycles. The molecule has 0 aliphatic carbocycles. The standard InChI is InChI=1S/C14H20O/c1-2-8-13(11-6-7-12-15)14-9-4-3-5-10-14/h2-5,9-10,13,15H,1,6-8,11-12H2. The smallest absolute Gasteiger partial charge is 0.0431 e. The summed E-state index contributed by atoms with van der Waals surface area (Å²) in [4.78, 5) is 0. The van der Waals surface area contributed by atoms with Crippen LogP contribution < -0.4 is 0 Å². The number of unbranched alkanes of at least 4 members (excludes halogenated alkanes) is 1. The molecule has 1 atom stereocenters. The first-order valence-electron chi connectivity index (χ1n) is 5.65. The maximum atomic E-state index is 8.76. The van der Waals surface area contributed by atoms with Gasteiger partial charge in [-0.2, -0.15) is 0 Å². The summed E-state index contributed by atoms with van der Waals surface area (Å²) >= 11 is 0. The van der Waals surface area contributed by atoms with Crippen LogP contribution in [0, 0.1) is 0 Å². The molecule has 0 fully saturated rings. The molecule has 1 unspecified atom stereocenters. The Bertz CT molecular complexity index is 266. The van der Waals surface area contributed by atoms with Crippen LogP contribution >= 0.6 is 0 Å². The van der Waals surface area contributed by atoms with Crippen molar-refractivity contribution in [3.05, 3.63) is 48.6 Å².